The molecule has 1 amide bonds. The summed E-state index contributed by atoms with van der Waals surface area (Å²) in [6.45, 7) is 0. The lowest BCUT2D eigenvalue weighted by Crippen LogP contribution is -2.13. The van der Waals surface area contributed by atoms with Crippen LogP contribution in [0.5, 0.6) is 0 Å². The summed E-state index contributed by atoms with van der Waals surface area (Å²) in [6.07, 6.45) is 0. The van der Waals surface area contributed by atoms with Crippen molar-refractivity contribution < 1.29 is 4.79 Å². The van der Waals surface area contributed by atoms with Crippen LogP contribution < -0.4 is 11.1 Å². The van der Waals surface area contributed by atoms with Gasteiger partial charge in [0, 0.05) is 15.8 Å². The molecule has 0 fully saturated rings. The smallest absolute Gasteiger partial charge is 0.257 e. The number of nitrogens with one attached hydrogen (secondary N) is 1. The minimum atomic E-state index is -0.258. The molecule has 0 saturated carbocycles. The Kier molecular flexibility index (Phi) is 3.89. The number of nitrogen functional groups attached to an aromatic ring is 1. The van der Waals surface area contributed by atoms with Gasteiger partial charge in [0.05, 0.1) is 10.6 Å². The van der Waals surface area contributed by atoms with Crippen molar-refractivity contribution in [3.05, 3.63) is 57.5 Å². The van der Waals surface area contributed by atoms with Gasteiger partial charge in [-0.1, -0.05) is 23.7 Å². The molecule has 3 N–H and O–H groups in total. The number of rotatable bonds is 2. The average molecular weight is 326 g/mol. The van der Waals surface area contributed by atoms with Crippen LogP contribution in [-0.4, -0.2) is 5.91 Å². The van der Waals surface area contributed by atoms with Crippen molar-refractivity contribution in [2.75, 3.05) is 11.1 Å². The van der Waals surface area contributed by atoms with Crippen LogP contribution >= 0.6 is 27.5 Å². The van der Waals surface area contributed by atoms with E-state index in [1.807, 2.05) is 0 Å². The van der Waals surface area contributed by atoms with Gasteiger partial charge in [-0.05, 0) is 46.3 Å². The molecule has 0 aliphatic rings. The summed E-state index contributed by atoms with van der Waals surface area (Å²) < 4.78 is 0.779. The Morgan fingerprint density at radius 1 is 1.22 bits per heavy atom. The summed E-state index contributed by atoms with van der Waals surface area (Å²) in [5.41, 5.74) is 7.24. The van der Waals surface area contributed by atoms with Gasteiger partial charge in [0.2, 0.25) is 0 Å². The summed E-state index contributed by atoms with van der Waals surface area (Å²) in [5.74, 6) is -0.258. The van der Waals surface area contributed by atoms with Crippen molar-refractivity contribution in [1.82, 2.24) is 0 Å². The molecule has 0 aliphatic heterocycles. The Balaban J connectivity index is 2.22. The van der Waals surface area contributed by atoms with Crippen LogP contribution in [0.2, 0.25) is 5.02 Å². The summed E-state index contributed by atoms with van der Waals surface area (Å²) >= 11 is 9.24. The van der Waals surface area contributed by atoms with E-state index in [0.29, 0.717) is 22.0 Å². The molecule has 0 aromatic heterocycles. The summed E-state index contributed by atoms with van der Waals surface area (Å²) in [7, 11) is 0. The molecule has 5 heteroatoms. The highest BCUT2D eigenvalue weighted by Gasteiger charge is 2.09. The highest BCUT2D eigenvalue weighted by Crippen LogP contribution is 2.26. The number of halogens is 2. The third-order valence-electron chi connectivity index (χ3n) is 2.38. The summed E-state index contributed by atoms with van der Waals surface area (Å²) in [4.78, 5) is 12.0. The van der Waals surface area contributed by atoms with Crippen LogP contribution in [-0.2, 0) is 0 Å². The molecule has 0 unspecified atom stereocenters. The molecular weight excluding hydrogens is 316 g/mol. The highest BCUT2D eigenvalue weighted by molar-refractivity contribution is 9.10. The van der Waals surface area contributed by atoms with Gasteiger partial charge in [0.15, 0.2) is 0 Å². The normalized spacial score (nSPS) is 10.1. The van der Waals surface area contributed by atoms with Crippen molar-refractivity contribution in [3.8, 4) is 0 Å². The molecule has 0 bridgehead atoms. The Hall–Kier alpha value is -1.52. The van der Waals surface area contributed by atoms with E-state index in [-0.39, 0.29) is 5.91 Å². The Labute approximate surface area is 118 Å². The van der Waals surface area contributed by atoms with Gasteiger partial charge < -0.3 is 11.1 Å². The van der Waals surface area contributed by atoms with E-state index in [9.17, 15) is 4.79 Å². The topological polar surface area (TPSA) is 55.1 Å². The monoisotopic (exact) mass is 324 g/mol. The third-order valence-corrected chi connectivity index (χ3v) is 3.62. The van der Waals surface area contributed by atoms with Crippen molar-refractivity contribution in [1.29, 1.82) is 0 Å². The van der Waals surface area contributed by atoms with Crippen LogP contribution in [0.4, 0.5) is 11.4 Å². The van der Waals surface area contributed by atoms with Gasteiger partial charge in [-0.3, -0.25) is 4.79 Å². The third kappa shape index (κ3) is 2.83. The van der Waals surface area contributed by atoms with Crippen molar-refractivity contribution in [3.63, 3.8) is 0 Å². The van der Waals surface area contributed by atoms with Crippen molar-refractivity contribution in [2.24, 2.45) is 0 Å². The zero-order valence-electron chi connectivity index (χ0n) is 9.28. The van der Waals surface area contributed by atoms with Crippen LogP contribution in [0, 0.1) is 0 Å². The lowest BCUT2D eigenvalue weighted by atomic mass is 10.1. The van der Waals surface area contributed by atoms with Crippen molar-refractivity contribution in [2.45, 2.75) is 0 Å². The molecule has 0 spiro atoms. The van der Waals surface area contributed by atoms with E-state index in [4.69, 9.17) is 17.3 Å². The van der Waals surface area contributed by atoms with E-state index < -0.39 is 0 Å². The number of nitrogens with two attached hydrogens (primary N) is 1. The molecule has 2 aromatic rings. The maximum absolute atomic E-state index is 12.0. The van der Waals surface area contributed by atoms with Gasteiger partial charge in [0.25, 0.3) is 5.91 Å². The Morgan fingerprint density at radius 2 is 1.94 bits per heavy atom. The van der Waals surface area contributed by atoms with E-state index >= 15 is 0 Å². The van der Waals surface area contributed by atoms with Crippen LogP contribution in [0.25, 0.3) is 0 Å². The quantitative estimate of drug-likeness (QED) is 0.822. The first-order valence-corrected chi connectivity index (χ1v) is 6.36. The Bertz CT molecular complexity index is 601. The molecule has 92 valence electrons. The molecular formula is C13H10BrClN2O. The first-order chi connectivity index (χ1) is 8.58. The second-order valence-electron chi connectivity index (χ2n) is 3.67. The van der Waals surface area contributed by atoms with Gasteiger partial charge in [-0.25, -0.2) is 0 Å². The highest BCUT2D eigenvalue weighted by atomic mass is 79.9. The molecule has 2 aromatic carbocycles. The van der Waals surface area contributed by atoms with E-state index in [1.165, 1.54) is 0 Å². The van der Waals surface area contributed by atoms with E-state index in [0.717, 1.165) is 4.47 Å². The zero-order chi connectivity index (χ0) is 13.1. The maximum atomic E-state index is 12.0. The number of hydrogen-bond donors (Lipinski definition) is 2. The fraction of sp³-hybridized carbons (Fsp3) is 0. The lowest BCUT2D eigenvalue weighted by Gasteiger charge is -2.08. The van der Waals surface area contributed by atoms with Crippen LogP contribution in [0.15, 0.2) is 46.9 Å². The first kappa shape index (κ1) is 12.9. The molecule has 0 heterocycles. The lowest BCUT2D eigenvalue weighted by molar-refractivity contribution is 0.102. The van der Waals surface area contributed by atoms with E-state index in [1.54, 1.807) is 42.5 Å². The van der Waals surface area contributed by atoms with Crippen LogP contribution in [0.1, 0.15) is 10.4 Å². The predicted molar refractivity (Wildman–Crippen MR) is 78.0 cm³/mol. The van der Waals surface area contributed by atoms with Crippen LogP contribution in [0.3, 0.4) is 0 Å². The zero-order valence-corrected chi connectivity index (χ0v) is 11.6. The van der Waals surface area contributed by atoms with Gasteiger partial charge in [-0.15, -0.1) is 0 Å². The second kappa shape index (κ2) is 5.42. The molecule has 18 heavy (non-hydrogen) atoms. The maximum Gasteiger partial charge on any atom is 0.257 e. The second-order valence-corrected chi connectivity index (χ2v) is 4.93. The largest absolute Gasteiger partial charge is 0.398 e. The molecule has 0 atom stereocenters. The standard InChI is InChI=1S/C13H10BrClN2O/c14-10-6-5-8(7-11(10)15)17-13(18)9-3-1-2-4-12(9)16/h1-7H,16H2,(H,17,18). The fourth-order valence-corrected chi connectivity index (χ4v) is 1.90. The molecule has 0 saturated heterocycles. The number of hydrogen-bond acceptors (Lipinski definition) is 2. The number of anilines is 2. The first-order valence-electron chi connectivity index (χ1n) is 5.19. The summed E-state index contributed by atoms with van der Waals surface area (Å²) in [6, 6.07) is 12.1. The fourth-order valence-electron chi connectivity index (χ4n) is 1.48. The predicted octanol–water partition coefficient (Wildman–Crippen LogP) is 3.94. The molecule has 0 aliphatic carbocycles. The van der Waals surface area contributed by atoms with Crippen molar-refractivity contribution >= 4 is 44.8 Å². The van der Waals surface area contributed by atoms with Gasteiger partial charge in [-0.2, -0.15) is 0 Å². The minimum absolute atomic E-state index is 0.258. The van der Waals surface area contributed by atoms with Gasteiger partial charge in [0.1, 0.15) is 0 Å². The van der Waals surface area contributed by atoms with E-state index in [2.05, 4.69) is 21.2 Å². The molecule has 2 rings (SSSR count). The molecule has 3 nitrogen and oxygen atoms in total. The number of carbonyl (C=O) groups is 1. The summed E-state index contributed by atoms with van der Waals surface area (Å²) in [5, 5.41) is 3.28. The molecule has 0 radical (unpaired) electrons. The number of carbonyl (C=O) groups excluding carboxylic acids is 1. The Morgan fingerprint density at radius 3 is 2.61 bits per heavy atom. The number of amides is 1. The van der Waals surface area contributed by atoms with Gasteiger partial charge >= 0.3 is 0 Å². The average Bonchev–Trinajstić information content (AvgIpc) is 2.34. The minimum Gasteiger partial charge on any atom is -0.398 e. The SMILES string of the molecule is Nc1ccccc1C(=O)Nc1ccc(Br)c(Cl)c1. The number of benzene rings is 2. The number of para-hydroxylation sites is 1.